The highest BCUT2D eigenvalue weighted by Crippen LogP contribution is 2.19. The molecule has 0 aromatic carbocycles. The fourth-order valence-corrected chi connectivity index (χ4v) is 1.90. The Kier molecular flexibility index (Phi) is 6.05. The maximum atomic E-state index is 11.6. The van der Waals surface area contributed by atoms with Crippen LogP contribution in [0.5, 0.6) is 0 Å². The molecule has 0 atom stereocenters. The van der Waals surface area contributed by atoms with Crippen molar-refractivity contribution in [2.45, 2.75) is 13.3 Å². The number of hydrogen-bond acceptors (Lipinski definition) is 3. The normalized spacial score (nSPS) is 11.5. The zero-order chi connectivity index (χ0) is 14.4. The summed E-state index contributed by atoms with van der Waals surface area (Å²) in [7, 11) is 5.79. The molecule has 0 aliphatic rings. The predicted octanol–water partition coefficient (Wildman–Crippen LogP) is 1.46. The molecule has 0 fully saturated rings. The molecule has 1 aromatic rings. The maximum absolute atomic E-state index is 11.6. The van der Waals surface area contributed by atoms with Gasteiger partial charge in [-0.1, -0.05) is 11.6 Å². The van der Waals surface area contributed by atoms with Crippen LogP contribution in [0.15, 0.2) is 6.08 Å². The highest BCUT2D eigenvalue weighted by atomic mass is 35.5. The van der Waals surface area contributed by atoms with Crippen LogP contribution in [-0.4, -0.2) is 47.8 Å². The van der Waals surface area contributed by atoms with Gasteiger partial charge in [0.2, 0.25) is 5.91 Å². The number of carbonyl (C=O) groups excluding carboxylic acids is 1. The molecule has 0 aliphatic carbocycles. The van der Waals surface area contributed by atoms with Gasteiger partial charge in [-0.3, -0.25) is 9.48 Å². The summed E-state index contributed by atoms with van der Waals surface area (Å²) in [6.07, 6.45) is 4.12. The first kappa shape index (κ1) is 15.7. The minimum Gasteiger partial charge on any atom is -0.353 e. The lowest BCUT2D eigenvalue weighted by molar-refractivity contribution is -0.116. The average Bonchev–Trinajstić information content (AvgIpc) is 2.57. The van der Waals surface area contributed by atoms with Gasteiger partial charge in [0.1, 0.15) is 5.15 Å². The third-order valence-electron chi connectivity index (χ3n) is 2.68. The molecular formula is C13H21ClN4O. The number of rotatable bonds is 6. The van der Waals surface area contributed by atoms with E-state index >= 15 is 0 Å². The van der Waals surface area contributed by atoms with E-state index in [1.165, 1.54) is 6.08 Å². The Morgan fingerprint density at radius 2 is 2.21 bits per heavy atom. The summed E-state index contributed by atoms with van der Waals surface area (Å²) in [6, 6.07) is 0. The summed E-state index contributed by atoms with van der Waals surface area (Å²) in [5, 5.41) is 7.55. The number of amides is 1. The third-order valence-corrected chi connectivity index (χ3v) is 3.13. The topological polar surface area (TPSA) is 50.2 Å². The first-order valence-corrected chi connectivity index (χ1v) is 6.59. The van der Waals surface area contributed by atoms with E-state index in [1.54, 1.807) is 17.8 Å². The van der Waals surface area contributed by atoms with Crippen LogP contribution in [-0.2, 0) is 11.8 Å². The van der Waals surface area contributed by atoms with E-state index in [0.29, 0.717) is 11.7 Å². The van der Waals surface area contributed by atoms with Crippen molar-refractivity contribution in [1.82, 2.24) is 20.0 Å². The van der Waals surface area contributed by atoms with Gasteiger partial charge in [-0.05, 0) is 40.1 Å². The summed E-state index contributed by atoms with van der Waals surface area (Å²) in [4.78, 5) is 13.7. The Balaban J connectivity index is 2.45. The van der Waals surface area contributed by atoms with Crippen molar-refractivity contribution in [3.8, 4) is 0 Å². The SMILES string of the molecule is Cc1nn(C)c(Cl)c1/C=C/C(=O)NCCCN(C)C. The number of nitrogens with one attached hydrogen (secondary N) is 1. The molecule has 0 saturated heterocycles. The second kappa shape index (κ2) is 7.31. The van der Waals surface area contributed by atoms with Gasteiger partial charge in [-0.15, -0.1) is 0 Å². The molecule has 5 nitrogen and oxygen atoms in total. The smallest absolute Gasteiger partial charge is 0.244 e. The van der Waals surface area contributed by atoms with Crippen LogP contribution in [0.2, 0.25) is 5.15 Å². The van der Waals surface area contributed by atoms with Crippen LogP contribution in [0.1, 0.15) is 17.7 Å². The van der Waals surface area contributed by atoms with E-state index in [2.05, 4.69) is 15.3 Å². The van der Waals surface area contributed by atoms with Gasteiger partial charge in [-0.25, -0.2) is 0 Å². The fourth-order valence-electron chi connectivity index (χ4n) is 1.66. The lowest BCUT2D eigenvalue weighted by Gasteiger charge is -2.08. The van der Waals surface area contributed by atoms with Crippen LogP contribution in [0.4, 0.5) is 0 Å². The summed E-state index contributed by atoms with van der Waals surface area (Å²) in [5.41, 5.74) is 1.59. The second-order valence-electron chi connectivity index (χ2n) is 4.69. The molecule has 1 aromatic heterocycles. The number of nitrogens with zero attached hydrogens (tertiary/aromatic N) is 3. The number of hydrogen-bond donors (Lipinski definition) is 1. The Morgan fingerprint density at radius 1 is 1.53 bits per heavy atom. The van der Waals surface area contributed by atoms with Crippen LogP contribution in [0, 0.1) is 6.92 Å². The van der Waals surface area contributed by atoms with E-state index in [4.69, 9.17) is 11.6 Å². The minimum absolute atomic E-state index is 0.113. The Morgan fingerprint density at radius 3 is 2.74 bits per heavy atom. The number of carbonyl (C=O) groups is 1. The highest BCUT2D eigenvalue weighted by Gasteiger charge is 2.08. The predicted molar refractivity (Wildman–Crippen MR) is 78.2 cm³/mol. The number of aryl methyl sites for hydroxylation is 2. The van der Waals surface area contributed by atoms with Gasteiger partial charge in [-0.2, -0.15) is 5.10 Å². The van der Waals surface area contributed by atoms with Crippen molar-refractivity contribution >= 4 is 23.6 Å². The quantitative estimate of drug-likeness (QED) is 0.636. The molecule has 0 aliphatic heterocycles. The van der Waals surface area contributed by atoms with Crippen LogP contribution in [0.25, 0.3) is 6.08 Å². The lowest BCUT2D eigenvalue weighted by Crippen LogP contribution is -2.25. The second-order valence-corrected chi connectivity index (χ2v) is 5.05. The van der Waals surface area contributed by atoms with Crippen LogP contribution >= 0.6 is 11.6 Å². The lowest BCUT2D eigenvalue weighted by atomic mass is 10.2. The maximum Gasteiger partial charge on any atom is 0.244 e. The molecule has 106 valence electrons. The molecule has 0 saturated carbocycles. The Bertz CT molecular complexity index is 465. The molecule has 6 heteroatoms. The standard InChI is InChI=1S/C13H21ClN4O/c1-10-11(13(14)18(4)16-10)6-7-12(19)15-8-5-9-17(2)3/h6-7H,5,8-9H2,1-4H3,(H,15,19)/b7-6+. The third kappa shape index (κ3) is 5.04. The summed E-state index contributed by atoms with van der Waals surface area (Å²) >= 11 is 6.07. The van der Waals surface area contributed by atoms with E-state index in [0.717, 1.165) is 24.2 Å². The molecule has 1 heterocycles. The van der Waals surface area contributed by atoms with Crippen LogP contribution in [0.3, 0.4) is 0 Å². The van der Waals surface area contributed by atoms with Gasteiger partial charge in [0.05, 0.1) is 5.69 Å². The summed E-state index contributed by atoms with van der Waals surface area (Å²) in [6.45, 7) is 3.49. The first-order valence-electron chi connectivity index (χ1n) is 6.21. The number of halogens is 1. The monoisotopic (exact) mass is 284 g/mol. The Hall–Kier alpha value is -1.33. The van der Waals surface area contributed by atoms with Crippen molar-refractivity contribution in [2.24, 2.45) is 7.05 Å². The van der Waals surface area contributed by atoms with Crippen molar-refractivity contribution in [2.75, 3.05) is 27.2 Å². The molecule has 1 amide bonds. The number of aromatic nitrogens is 2. The largest absolute Gasteiger partial charge is 0.353 e. The van der Waals surface area contributed by atoms with E-state index in [9.17, 15) is 4.79 Å². The van der Waals surface area contributed by atoms with E-state index in [-0.39, 0.29) is 5.91 Å². The Labute approximate surface area is 119 Å². The first-order chi connectivity index (χ1) is 8.91. The molecule has 0 bridgehead atoms. The van der Waals surface area contributed by atoms with E-state index < -0.39 is 0 Å². The molecule has 0 radical (unpaired) electrons. The molecule has 0 spiro atoms. The fraction of sp³-hybridized carbons (Fsp3) is 0.538. The minimum atomic E-state index is -0.113. The van der Waals surface area contributed by atoms with Gasteiger partial charge >= 0.3 is 0 Å². The van der Waals surface area contributed by atoms with Crippen molar-refractivity contribution in [3.63, 3.8) is 0 Å². The molecule has 1 N–H and O–H groups in total. The van der Waals surface area contributed by atoms with Crippen molar-refractivity contribution < 1.29 is 4.79 Å². The highest BCUT2D eigenvalue weighted by molar-refractivity contribution is 6.31. The molecule has 19 heavy (non-hydrogen) atoms. The zero-order valence-electron chi connectivity index (χ0n) is 11.9. The zero-order valence-corrected chi connectivity index (χ0v) is 12.7. The van der Waals surface area contributed by atoms with Gasteiger partial charge in [0.15, 0.2) is 0 Å². The average molecular weight is 285 g/mol. The molecule has 0 unspecified atom stereocenters. The van der Waals surface area contributed by atoms with Crippen LogP contribution < -0.4 is 5.32 Å². The van der Waals surface area contributed by atoms with Gasteiger partial charge in [0.25, 0.3) is 0 Å². The van der Waals surface area contributed by atoms with Crippen molar-refractivity contribution in [1.29, 1.82) is 0 Å². The summed E-state index contributed by atoms with van der Waals surface area (Å²) < 4.78 is 1.59. The molecular weight excluding hydrogens is 264 g/mol. The van der Waals surface area contributed by atoms with Crippen molar-refractivity contribution in [3.05, 3.63) is 22.5 Å². The molecule has 1 rings (SSSR count). The summed E-state index contributed by atoms with van der Waals surface area (Å²) in [5.74, 6) is -0.113. The van der Waals surface area contributed by atoms with Gasteiger partial charge < -0.3 is 10.2 Å². The van der Waals surface area contributed by atoms with Gasteiger partial charge in [0, 0.05) is 25.2 Å². The van der Waals surface area contributed by atoms with E-state index in [1.807, 2.05) is 21.0 Å².